The third-order valence-electron chi connectivity index (χ3n) is 4.68. The highest BCUT2D eigenvalue weighted by atomic mass is 19.4. The van der Waals surface area contributed by atoms with E-state index in [-0.39, 0.29) is 12.0 Å². The number of carbonyl (C=O) groups is 2. The van der Waals surface area contributed by atoms with E-state index in [1.165, 1.54) is 6.07 Å². The van der Waals surface area contributed by atoms with Crippen LogP contribution >= 0.6 is 0 Å². The fourth-order valence-corrected chi connectivity index (χ4v) is 2.98. The van der Waals surface area contributed by atoms with Crippen molar-refractivity contribution in [2.75, 3.05) is 5.32 Å². The third-order valence-corrected chi connectivity index (χ3v) is 4.68. The number of anilines is 1. The summed E-state index contributed by atoms with van der Waals surface area (Å²) in [7, 11) is 0. The van der Waals surface area contributed by atoms with E-state index in [1.54, 1.807) is 24.7 Å². The first-order valence-electron chi connectivity index (χ1n) is 9.59. The maximum absolute atomic E-state index is 12.9. The number of alkyl halides is 3. The highest BCUT2D eigenvalue weighted by Crippen LogP contribution is 2.29. The van der Waals surface area contributed by atoms with Crippen LogP contribution in [0.1, 0.15) is 34.8 Å². The Hall–Kier alpha value is -3.62. The monoisotopic (exact) mass is 430 g/mol. The van der Waals surface area contributed by atoms with Crippen molar-refractivity contribution >= 4 is 17.6 Å². The van der Waals surface area contributed by atoms with Gasteiger partial charge in [0.05, 0.1) is 17.4 Å². The number of rotatable bonds is 6. The molecule has 0 saturated heterocycles. The Balaban J connectivity index is 1.76. The van der Waals surface area contributed by atoms with Gasteiger partial charge in [-0.1, -0.05) is 31.2 Å². The summed E-state index contributed by atoms with van der Waals surface area (Å²) in [5, 5.41) is 9.55. The lowest BCUT2D eigenvalue weighted by Crippen LogP contribution is -2.43. The zero-order chi connectivity index (χ0) is 22.6. The van der Waals surface area contributed by atoms with Gasteiger partial charge in [-0.25, -0.2) is 4.68 Å². The minimum atomic E-state index is -4.56. The Labute approximate surface area is 177 Å². The van der Waals surface area contributed by atoms with Crippen LogP contribution in [0.25, 0.3) is 5.69 Å². The lowest BCUT2D eigenvalue weighted by Gasteiger charge is -2.18. The molecule has 0 radical (unpaired) electrons. The van der Waals surface area contributed by atoms with Crippen LogP contribution in [0.5, 0.6) is 0 Å². The molecule has 31 heavy (non-hydrogen) atoms. The average molecular weight is 430 g/mol. The molecule has 2 N–H and O–H groups in total. The van der Waals surface area contributed by atoms with Crippen molar-refractivity contribution in [3.63, 3.8) is 0 Å². The minimum Gasteiger partial charge on any atom is -0.340 e. The first kappa shape index (κ1) is 22.1. The normalized spacial score (nSPS) is 12.3. The number of benzene rings is 2. The zero-order valence-electron chi connectivity index (χ0n) is 16.9. The number of aryl methyl sites for hydroxylation is 1. The van der Waals surface area contributed by atoms with Crippen molar-refractivity contribution in [1.29, 1.82) is 0 Å². The SMILES string of the molecule is CCC(NC(=O)c1cccc(C(F)(F)F)c1)C(=O)Nc1c(C)cnn1-c1ccccc1. The number of hydrogen-bond donors (Lipinski definition) is 2. The van der Waals surface area contributed by atoms with Gasteiger partial charge in [-0.2, -0.15) is 18.3 Å². The molecule has 9 heteroatoms. The molecule has 0 spiro atoms. The Kier molecular flexibility index (Phi) is 6.43. The second-order valence-corrected chi connectivity index (χ2v) is 6.93. The topological polar surface area (TPSA) is 76.0 Å². The Bertz CT molecular complexity index is 1080. The second-order valence-electron chi connectivity index (χ2n) is 6.93. The molecule has 0 aliphatic heterocycles. The van der Waals surface area contributed by atoms with E-state index in [4.69, 9.17) is 0 Å². The number of halogens is 3. The second kappa shape index (κ2) is 9.03. The predicted octanol–water partition coefficient (Wildman–Crippen LogP) is 4.35. The first-order chi connectivity index (χ1) is 14.7. The van der Waals surface area contributed by atoms with Gasteiger partial charge in [0.1, 0.15) is 11.9 Å². The van der Waals surface area contributed by atoms with Crippen molar-refractivity contribution in [1.82, 2.24) is 15.1 Å². The van der Waals surface area contributed by atoms with E-state index in [0.717, 1.165) is 29.4 Å². The summed E-state index contributed by atoms with van der Waals surface area (Å²) in [4.78, 5) is 25.3. The number of aromatic nitrogens is 2. The van der Waals surface area contributed by atoms with Crippen LogP contribution in [-0.2, 0) is 11.0 Å². The summed E-state index contributed by atoms with van der Waals surface area (Å²) in [6, 6.07) is 12.3. The molecule has 0 saturated carbocycles. The van der Waals surface area contributed by atoms with Gasteiger partial charge in [0.15, 0.2) is 0 Å². The van der Waals surface area contributed by atoms with Crippen LogP contribution in [0.4, 0.5) is 19.0 Å². The molecule has 1 heterocycles. The number of para-hydroxylation sites is 1. The van der Waals surface area contributed by atoms with Gasteiger partial charge in [-0.05, 0) is 43.7 Å². The van der Waals surface area contributed by atoms with Crippen LogP contribution in [0.2, 0.25) is 0 Å². The zero-order valence-corrected chi connectivity index (χ0v) is 16.9. The predicted molar refractivity (Wildman–Crippen MR) is 110 cm³/mol. The lowest BCUT2D eigenvalue weighted by molar-refractivity contribution is -0.137. The van der Waals surface area contributed by atoms with Crippen molar-refractivity contribution < 1.29 is 22.8 Å². The maximum atomic E-state index is 12.9. The molecule has 3 aromatic rings. The summed E-state index contributed by atoms with van der Waals surface area (Å²) in [5.41, 5.74) is 0.356. The van der Waals surface area contributed by atoms with Crippen LogP contribution in [0, 0.1) is 6.92 Å². The van der Waals surface area contributed by atoms with E-state index in [9.17, 15) is 22.8 Å². The largest absolute Gasteiger partial charge is 0.416 e. The standard InChI is InChI=1S/C22H21F3N4O2/c1-3-18(27-20(30)15-8-7-9-16(12-15)22(23,24)25)21(31)28-19-14(2)13-26-29(19)17-10-5-4-6-11-17/h4-13,18H,3H2,1-2H3,(H,27,30)(H,28,31). The van der Waals surface area contributed by atoms with Crippen molar-refractivity contribution in [2.24, 2.45) is 0 Å². The van der Waals surface area contributed by atoms with E-state index in [2.05, 4.69) is 15.7 Å². The highest BCUT2D eigenvalue weighted by Gasteiger charge is 2.31. The molecule has 2 amide bonds. The van der Waals surface area contributed by atoms with Crippen molar-refractivity contribution in [3.05, 3.63) is 77.5 Å². The molecule has 0 fully saturated rings. The maximum Gasteiger partial charge on any atom is 0.416 e. The number of carbonyl (C=O) groups excluding carboxylic acids is 2. The van der Waals surface area contributed by atoms with Gasteiger partial charge in [-0.15, -0.1) is 0 Å². The van der Waals surface area contributed by atoms with E-state index in [1.807, 2.05) is 30.3 Å². The third kappa shape index (κ3) is 5.11. The van der Waals surface area contributed by atoms with Crippen LogP contribution in [0.15, 0.2) is 60.8 Å². The first-order valence-corrected chi connectivity index (χ1v) is 9.59. The molecule has 0 bridgehead atoms. The molecular weight excluding hydrogens is 409 g/mol. The molecule has 0 aliphatic carbocycles. The average Bonchev–Trinajstić information content (AvgIpc) is 3.12. The van der Waals surface area contributed by atoms with Gasteiger partial charge >= 0.3 is 6.18 Å². The number of nitrogens with one attached hydrogen (secondary N) is 2. The van der Waals surface area contributed by atoms with E-state index >= 15 is 0 Å². The fraction of sp³-hybridized carbons (Fsp3) is 0.227. The van der Waals surface area contributed by atoms with Gasteiger partial charge < -0.3 is 10.6 Å². The number of amides is 2. The van der Waals surface area contributed by atoms with Gasteiger partial charge in [0, 0.05) is 11.1 Å². The van der Waals surface area contributed by atoms with E-state index in [0.29, 0.717) is 5.82 Å². The summed E-state index contributed by atoms with van der Waals surface area (Å²) < 4.78 is 40.3. The summed E-state index contributed by atoms with van der Waals surface area (Å²) in [5.74, 6) is -0.812. The van der Waals surface area contributed by atoms with Crippen molar-refractivity contribution in [2.45, 2.75) is 32.5 Å². The molecule has 6 nitrogen and oxygen atoms in total. The molecular formula is C22H21F3N4O2. The van der Waals surface area contributed by atoms with Crippen LogP contribution in [0.3, 0.4) is 0 Å². The molecule has 1 atom stereocenters. The lowest BCUT2D eigenvalue weighted by atomic mass is 10.1. The summed E-state index contributed by atoms with van der Waals surface area (Å²) in [6.45, 7) is 3.47. The van der Waals surface area contributed by atoms with Gasteiger partial charge in [0.25, 0.3) is 5.91 Å². The fourth-order valence-electron chi connectivity index (χ4n) is 2.98. The summed E-state index contributed by atoms with van der Waals surface area (Å²) in [6.07, 6.45) is -2.72. The van der Waals surface area contributed by atoms with E-state index < -0.39 is 29.6 Å². The van der Waals surface area contributed by atoms with Crippen molar-refractivity contribution in [3.8, 4) is 5.69 Å². The Morgan fingerprint density at radius 3 is 2.45 bits per heavy atom. The highest BCUT2D eigenvalue weighted by molar-refractivity contribution is 6.01. The van der Waals surface area contributed by atoms with Gasteiger partial charge in [-0.3, -0.25) is 9.59 Å². The molecule has 1 unspecified atom stereocenters. The van der Waals surface area contributed by atoms with Crippen LogP contribution < -0.4 is 10.6 Å². The molecule has 2 aromatic carbocycles. The molecule has 162 valence electrons. The smallest absolute Gasteiger partial charge is 0.340 e. The number of nitrogens with zero attached hydrogens (tertiary/aromatic N) is 2. The Morgan fingerprint density at radius 2 is 1.81 bits per heavy atom. The quantitative estimate of drug-likeness (QED) is 0.611. The minimum absolute atomic E-state index is 0.174. The molecule has 0 aliphatic rings. The van der Waals surface area contributed by atoms with Crippen LogP contribution in [-0.4, -0.2) is 27.6 Å². The number of hydrogen-bond acceptors (Lipinski definition) is 3. The molecule has 3 rings (SSSR count). The summed E-state index contributed by atoms with van der Waals surface area (Å²) >= 11 is 0. The Morgan fingerprint density at radius 1 is 1.10 bits per heavy atom. The molecule has 1 aromatic heterocycles. The van der Waals surface area contributed by atoms with Gasteiger partial charge in [0.2, 0.25) is 5.91 Å².